The zero-order valence-electron chi connectivity index (χ0n) is 10.1. The lowest BCUT2D eigenvalue weighted by Crippen LogP contribution is -2.31. The predicted molar refractivity (Wildman–Crippen MR) is 65.4 cm³/mol. The Morgan fingerprint density at radius 1 is 1.44 bits per heavy atom. The predicted octanol–water partition coefficient (Wildman–Crippen LogP) is 0.957. The summed E-state index contributed by atoms with van der Waals surface area (Å²) in [5, 5.41) is 3.53. The van der Waals surface area contributed by atoms with Gasteiger partial charge in [-0.1, -0.05) is 0 Å². The highest BCUT2D eigenvalue weighted by molar-refractivity contribution is 4.80. The Balaban J connectivity index is 1.48. The number of hydrogen-bond donors (Lipinski definition) is 1. The van der Waals surface area contributed by atoms with E-state index < -0.39 is 0 Å². The Labute approximate surface area is 97.7 Å². The summed E-state index contributed by atoms with van der Waals surface area (Å²) in [5.41, 5.74) is 0. The maximum absolute atomic E-state index is 4.04. The largest absolute Gasteiger partial charge is 0.337 e. The van der Waals surface area contributed by atoms with Gasteiger partial charge >= 0.3 is 0 Å². The number of aromatic nitrogens is 2. The molecular weight excluding hydrogens is 200 g/mol. The van der Waals surface area contributed by atoms with Gasteiger partial charge in [-0.3, -0.25) is 0 Å². The smallest absolute Gasteiger partial charge is 0.0945 e. The lowest BCUT2D eigenvalue weighted by molar-refractivity contribution is 0.319. The molecule has 4 heteroatoms. The zero-order chi connectivity index (χ0) is 11.2. The number of imidazole rings is 1. The molecule has 0 radical (unpaired) electrons. The topological polar surface area (TPSA) is 33.1 Å². The standard InChI is InChI=1S/C12H22N4/c1-15(9-6-14-12-3-4-12)7-2-8-16-10-5-13-11-16/h5,10-12,14H,2-4,6-9H2,1H3. The molecule has 0 amide bonds. The molecule has 0 aliphatic heterocycles. The molecule has 1 heterocycles. The summed E-state index contributed by atoms with van der Waals surface area (Å²) in [7, 11) is 2.20. The minimum absolute atomic E-state index is 0.833. The number of nitrogens with one attached hydrogen (secondary N) is 1. The van der Waals surface area contributed by atoms with Gasteiger partial charge in [-0.15, -0.1) is 0 Å². The van der Waals surface area contributed by atoms with Crippen LogP contribution in [0.3, 0.4) is 0 Å². The maximum Gasteiger partial charge on any atom is 0.0945 e. The Morgan fingerprint density at radius 3 is 3.00 bits per heavy atom. The maximum atomic E-state index is 4.04. The second-order valence-corrected chi connectivity index (χ2v) is 4.69. The van der Waals surface area contributed by atoms with E-state index in [1.165, 1.54) is 19.3 Å². The van der Waals surface area contributed by atoms with Crippen LogP contribution >= 0.6 is 0 Å². The molecular formula is C12H22N4. The third kappa shape index (κ3) is 4.33. The van der Waals surface area contributed by atoms with Crippen LogP contribution in [0.1, 0.15) is 19.3 Å². The highest BCUT2D eigenvalue weighted by atomic mass is 15.1. The van der Waals surface area contributed by atoms with Crippen LogP contribution in [0.2, 0.25) is 0 Å². The molecule has 0 bridgehead atoms. The summed E-state index contributed by atoms with van der Waals surface area (Å²) in [4.78, 5) is 6.43. The number of nitrogens with zero attached hydrogens (tertiary/aromatic N) is 3. The average molecular weight is 222 g/mol. The van der Waals surface area contributed by atoms with Crippen LogP contribution in [0.15, 0.2) is 18.7 Å². The second kappa shape index (κ2) is 6.01. The van der Waals surface area contributed by atoms with Crippen molar-refractivity contribution in [2.24, 2.45) is 0 Å². The van der Waals surface area contributed by atoms with Crippen molar-refractivity contribution in [2.45, 2.75) is 31.8 Å². The minimum Gasteiger partial charge on any atom is -0.337 e. The molecule has 0 saturated heterocycles. The van der Waals surface area contributed by atoms with Crippen LogP contribution in [0, 0.1) is 0 Å². The molecule has 1 aliphatic carbocycles. The van der Waals surface area contributed by atoms with Gasteiger partial charge in [0.1, 0.15) is 0 Å². The van der Waals surface area contributed by atoms with Crippen LogP contribution < -0.4 is 5.32 Å². The van der Waals surface area contributed by atoms with Crippen molar-refractivity contribution in [1.82, 2.24) is 19.8 Å². The van der Waals surface area contributed by atoms with Gasteiger partial charge in [-0.25, -0.2) is 4.98 Å². The molecule has 1 aromatic rings. The third-order valence-corrected chi connectivity index (χ3v) is 3.02. The first kappa shape index (κ1) is 11.6. The molecule has 1 aromatic heterocycles. The van der Waals surface area contributed by atoms with E-state index in [0.29, 0.717) is 0 Å². The molecule has 1 fully saturated rings. The van der Waals surface area contributed by atoms with Gasteiger partial charge in [0.15, 0.2) is 0 Å². The first-order valence-electron chi connectivity index (χ1n) is 6.22. The van der Waals surface area contributed by atoms with Crippen LogP contribution in [-0.4, -0.2) is 47.2 Å². The lowest BCUT2D eigenvalue weighted by atomic mass is 10.4. The van der Waals surface area contributed by atoms with Gasteiger partial charge in [0, 0.05) is 38.1 Å². The van der Waals surface area contributed by atoms with E-state index in [-0.39, 0.29) is 0 Å². The van der Waals surface area contributed by atoms with Crippen molar-refractivity contribution >= 4 is 0 Å². The quantitative estimate of drug-likeness (QED) is 0.711. The molecule has 1 N–H and O–H groups in total. The fourth-order valence-corrected chi connectivity index (χ4v) is 1.80. The summed E-state index contributed by atoms with van der Waals surface area (Å²) in [6.45, 7) is 4.51. The molecule has 16 heavy (non-hydrogen) atoms. The number of aryl methyl sites for hydroxylation is 1. The Morgan fingerprint density at radius 2 is 2.31 bits per heavy atom. The van der Waals surface area contributed by atoms with Crippen molar-refractivity contribution in [2.75, 3.05) is 26.7 Å². The van der Waals surface area contributed by atoms with E-state index >= 15 is 0 Å². The van der Waals surface area contributed by atoms with Crippen molar-refractivity contribution < 1.29 is 0 Å². The van der Waals surface area contributed by atoms with Crippen molar-refractivity contribution in [1.29, 1.82) is 0 Å². The van der Waals surface area contributed by atoms with Crippen LogP contribution in [0.5, 0.6) is 0 Å². The number of likely N-dealkylation sites (N-methyl/N-ethyl adjacent to an activating group) is 1. The molecule has 0 atom stereocenters. The highest BCUT2D eigenvalue weighted by Crippen LogP contribution is 2.17. The Bertz CT molecular complexity index is 279. The molecule has 0 aromatic carbocycles. The van der Waals surface area contributed by atoms with Gasteiger partial charge in [0.25, 0.3) is 0 Å². The average Bonchev–Trinajstić information content (AvgIpc) is 2.94. The van der Waals surface area contributed by atoms with Crippen LogP contribution in [0.25, 0.3) is 0 Å². The van der Waals surface area contributed by atoms with E-state index in [2.05, 4.69) is 26.8 Å². The second-order valence-electron chi connectivity index (χ2n) is 4.69. The molecule has 4 nitrogen and oxygen atoms in total. The third-order valence-electron chi connectivity index (χ3n) is 3.02. The highest BCUT2D eigenvalue weighted by Gasteiger charge is 2.19. The van der Waals surface area contributed by atoms with E-state index in [0.717, 1.165) is 32.2 Å². The summed E-state index contributed by atoms with van der Waals surface area (Å²) in [6.07, 6.45) is 9.69. The minimum atomic E-state index is 0.833. The normalized spacial score (nSPS) is 15.9. The van der Waals surface area contributed by atoms with Gasteiger partial charge < -0.3 is 14.8 Å². The van der Waals surface area contributed by atoms with Gasteiger partial charge in [0.2, 0.25) is 0 Å². The Hall–Kier alpha value is -0.870. The number of rotatable bonds is 8. The fraction of sp³-hybridized carbons (Fsp3) is 0.750. The van der Waals surface area contributed by atoms with Crippen molar-refractivity contribution in [3.05, 3.63) is 18.7 Å². The lowest BCUT2D eigenvalue weighted by Gasteiger charge is -2.16. The zero-order valence-corrected chi connectivity index (χ0v) is 10.1. The summed E-state index contributed by atoms with van der Waals surface area (Å²) in [5.74, 6) is 0. The van der Waals surface area contributed by atoms with E-state index in [4.69, 9.17) is 0 Å². The molecule has 0 spiro atoms. The van der Waals surface area contributed by atoms with Gasteiger partial charge in [-0.05, 0) is 32.9 Å². The van der Waals surface area contributed by atoms with Crippen molar-refractivity contribution in [3.63, 3.8) is 0 Å². The molecule has 90 valence electrons. The van der Waals surface area contributed by atoms with Gasteiger partial charge in [0.05, 0.1) is 6.33 Å². The fourth-order valence-electron chi connectivity index (χ4n) is 1.80. The molecule has 0 unspecified atom stereocenters. The van der Waals surface area contributed by atoms with E-state index in [9.17, 15) is 0 Å². The first-order valence-corrected chi connectivity index (χ1v) is 6.22. The molecule has 1 aliphatic rings. The van der Waals surface area contributed by atoms with E-state index in [1.807, 2.05) is 18.7 Å². The van der Waals surface area contributed by atoms with Crippen LogP contribution in [-0.2, 0) is 6.54 Å². The SMILES string of the molecule is CN(CCCn1ccnc1)CCNC1CC1. The Kier molecular flexibility index (Phi) is 4.36. The van der Waals surface area contributed by atoms with Gasteiger partial charge in [-0.2, -0.15) is 0 Å². The number of hydrogen-bond acceptors (Lipinski definition) is 3. The summed E-state index contributed by atoms with van der Waals surface area (Å²) >= 11 is 0. The van der Waals surface area contributed by atoms with Crippen molar-refractivity contribution in [3.8, 4) is 0 Å². The summed E-state index contributed by atoms with van der Waals surface area (Å²) < 4.78 is 2.14. The molecule has 2 rings (SSSR count). The summed E-state index contributed by atoms with van der Waals surface area (Å²) in [6, 6.07) is 0.833. The monoisotopic (exact) mass is 222 g/mol. The van der Waals surface area contributed by atoms with E-state index in [1.54, 1.807) is 0 Å². The first-order chi connectivity index (χ1) is 7.84. The molecule has 1 saturated carbocycles. The van der Waals surface area contributed by atoms with Crippen LogP contribution in [0.4, 0.5) is 0 Å².